The molecule has 2 unspecified atom stereocenters. The molecule has 4 N–H and O–H groups in total. The van der Waals surface area contributed by atoms with Crippen LogP contribution in [0.4, 0.5) is 0 Å². The number of H-pyrrole nitrogens is 1. The molecule has 7 heteroatoms. The molecule has 6 nitrogen and oxygen atoms in total. The number of nitrogens with two attached hydrogens (primary N) is 1. The Labute approximate surface area is 126 Å². The summed E-state index contributed by atoms with van der Waals surface area (Å²) >= 11 is 5.92. The predicted octanol–water partition coefficient (Wildman–Crippen LogP) is 0.719. The van der Waals surface area contributed by atoms with E-state index in [0.717, 1.165) is 10.9 Å². The van der Waals surface area contributed by atoms with Crippen LogP contribution in [0.1, 0.15) is 10.5 Å². The number of halogens is 1. The molecule has 21 heavy (non-hydrogen) atoms. The Morgan fingerprint density at radius 2 is 2.24 bits per heavy atom. The number of rotatable bonds is 2. The largest absolute Gasteiger partial charge is 0.351 e. The topological polar surface area (TPSA) is 91.2 Å². The van der Waals surface area contributed by atoms with Gasteiger partial charge in [0.05, 0.1) is 6.04 Å². The minimum atomic E-state index is -0.683. The quantitative estimate of drug-likeness (QED) is 0.763. The monoisotopic (exact) mass is 306 g/mol. The molecule has 0 aliphatic carbocycles. The van der Waals surface area contributed by atoms with Crippen LogP contribution in [0.15, 0.2) is 24.3 Å². The lowest BCUT2D eigenvalue weighted by Gasteiger charge is -2.13. The molecule has 2 heterocycles. The van der Waals surface area contributed by atoms with Gasteiger partial charge < -0.3 is 20.9 Å². The van der Waals surface area contributed by atoms with E-state index in [2.05, 4.69) is 10.3 Å². The van der Waals surface area contributed by atoms with Crippen molar-refractivity contribution in [3.63, 3.8) is 0 Å². The summed E-state index contributed by atoms with van der Waals surface area (Å²) in [6.45, 7) is 0.437. The molecular formula is C14H15ClN4O2. The van der Waals surface area contributed by atoms with Gasteiger partial charge in [0.15, 0.2) is 0 Å². The van der Waals surface area contributed by atoms with Crippen molar-refractivity contribution in [3.05, 3.63) is 35.0 Å². The Hall–Kier alpha value is -2.05. The number of hydrogen-bond acceptors (Lipinski definition) is 3. The molecule has 0 radical (unpaired) electrons. The second kappa shape index (κ2) is 5.05. The van der Waals surface area contributed by atoms with E-state index in [1.54, 1.807) is 31.3 Å². The van der Waals surface area contributed by atoms with Crippen molar-refractivity contribution in [2.75, 3.05) is 13.6 Å². The van der Waals surface area contributed by atoms with Crippen LogP contribution in [0.3, 0.4) is 0 Å². The summed E-state index contributed by atoms with van der Waals surface area (Å²) in [6.07, 6.45) is 0. The van der Waals surface area contributed by atoms with E-state index in [9.17, 15) is 9.59 Å². The number of nitrogens with zero attached hydrogens (tertiary/aromatic N) is 1. The SMILES string of the molecule is CN1CC(N)C(NC(=O)c2cc3cc(Cl)ccc3[nH]2)C1=O. The smallest absolute Gasteiger partial charge is 0.268 e. The number of aromatic amines is 1. The molecule has 1 aromatic carbocycles. The van der Waals surface area contributed by atoms with Gasteiger partial charge in [0.25, 0.3) is 5.91 Å². The van der Waals surface area contributed by atoms with Crippen LogP contribution in [0.5, 0.6) is 0 Å². The molecule has 0 saturated carbocycles. The van der Waals surface area contributed by atoms with Gasteiger partial charge >= 0.3 is 0 Å². The highest BCUT2D eigenvalue weighted by Gasteiger charge is 2.37. The lowest BCUT2D eigenvalue weighted by Crippen LogP contribution is -2.49. The number of fused-ring (bicyclic) bond motifs is 1. The van der Waals surface area contributed by atoms with Crippen LogP contribution in [-0.4, -0.2) is 47.4 Å². The summed E-state index contributed by atoms with van der Waals surface area (Å²) in [7, 11) is 1.67. The second-order valence-corrected chi connectivity index (χ2v) is 5.68. The Bertz CT molecular complexity index is 727. The van der Waals surface area contributed by atoms with Crippen LogP contribution in [-0.2, 0) is 4.79 Å². The summed E-state index contributed by atoms with van der Waals surface area (Å²) in [5.74, 6) is -0.526. The normalized spacial score (nSPS) is 22.0. The van der Waals surface area contributed by atoms with E-state index in [1.807, 2.05) is 0 Å². The number of aromatic nitrogens is 1. The molecule has 1 saturated heterocycles. The highest BCUT2D eigenvalue weighted by molar-refractivity contribution is 6.31. The van der Waals surface area contributed by atoms with Crippen molar-refractivity contribution in [1.82, 2.24) is 15.2 Å². The summed E-state index contributed by atoms with van der Waals surface area (Å²) < 4.78 is 0. The van der Waals surface area contributed by atoms with E-state index in [4.69, 9.17) is 17.3 Å². The maximum absolute atomic E-state index is 12.3. The lowest BCUT2D eigenvalue weighted by atomic mass is 10.1. The third-order valence-corrected chi connectivity index (χ3v) is 3.90. The van der Waals surface area contributed by atoms with E-state index < -0.39 is 12.1 Å². The van der Waals surface area contributed by atoms with Gasteiger partial charge in [0.1, 0.15) is 11.7 Å². The number of amides is 2. The first-order valence-electron chi connectivity index (χ1n) is 6.55. The van der Waals surface area contributed by atoms with Crippen LogP contribution < -0.4 is 11.1 Å². The Balaban J connectivity index is 1.82. The van der Waals surface area contributed by atoms with Crippen molar-refractivity contribution in [2.45, 2.75) is 12.1 Å². The number of likely N-dealkylation sites (tertiary alicyclic amines) is 1. The minimum absolute atomic E-state index is 0.171. The van der Waals surface area contributed by atoms with Gasteiger partial charge in [0.2, 0.25) is 5.91 Å². The summed E-state index contributed by atoms with van der Waals surface area (Å²) in [5, 5.41) is 4.12. The Morgan fingerprint density at radius 1 is 1.48 bits per heavy atom. The maximum atomic E-state index is 12.3. The van der Waals surface area contributed by atoms with Crippen molar-refractivity contribution in [3.8, 4) is 0 Å². The molecule has 3 rings (SSSR count). The second-order valence-electron chi connectivity index (χ2n) is 5.25. The number of hydrogen-bond donors (Lipinski definition) is 3. The molecule has 2 aromatic rings. The van der Waals surface area contributed by atoms with Crippen molar-refractivity contribution >= 4 is 34.3 Å². The van der Waals surface area contributed by atoms with E-state index in [0.29, 0.717) is 17.3 Å². The highest BCUT2D eigenvalue weighted by atomic mass is 35.5. The fourth-order valence-corrected chi connectivity index (χ4v) is 2.73. The van der Waals surface area contributed by atoms with Gasteiger partial charge in [0, 0.05) is 29.5 Å². The van der Waals surface area contributed by atoms with Crippen molar-refractivity contribution in [2.24, 2.45) is 5.73 Å². The van der Waals surface area contributed by atoms with Gasteiger partial charge in [-0.3, -0.25) is 9.59 Å². The molecule has 1 aliphatic heterocycles. The summed E-state index contributed by atoms with van der Waals surface area (Å²) in [6, 6.07) is 5.93. The third kappa shape index (κ3) is 2.48. The highest BCUT2D eigenvalue weighted by Crippen LogP contribution is 2.20. The Kier molecular flexibility index (Phi) is 3.35. The molecule has 110 valence electrons. The first-order chi connectivity index (χ1) is 9.95. The maximum Gasteiger partial charge on any atom is 0.268 e. The number of carbonyl (C=O) groups excluding carboxylic acids is 2. The molecule has 0 bridgehead atoms. The molecule has 2 amide bonds. The number of likely N-dealkylation sites (N-methyl/N-ethyl adjacent to an activating group) is 1. The Morgan fingerprint density at radius 3 is 2.90 bits per heavy atom. The molecule has 2 atom stereocenters. The van der Waals surface area contributed by atoms with Crippen LogP contribution in [0, 0.1) is 0 Å². The molecule has 0 spiro atoms. The van der Waals surface area contributed by atoms with E-state index in [1.165, 1.54) is 4.90 Å². The molecule has 1 aliphatic rings. The third-order valence-electron chi connectivity index (χ3n) is 3.67. The van der Waals surface area contributed by atoms with Crippen LogP contribution in [0.25, 0.3) is 10.9 Å². The van der Waals surface area contributed by atoms with E-state index >= 15 is 0 Å². The molecular weight excluding hydrogens is 292 g/mol. The minimum Gasteiger partial charge on any atom is -0.351 e. The van der Waals surface area contributed by atoms with Gasteiger partial charge in [-0.05, 0) is 24.3 Å². The fourth-order valence-electron chi connectivity index (χ4n) is 2.55. The zero-order valence-corrected chi connectivity index (χ0v) is 12.1. The number of carbonyl (C=O) groups is 2. The van der Waals surface area contributed by atoms with Gasteiger partial charge in [-0.25, -0.2) is 0 Å². The number of nitrogens with one attached hydrogen (secondary N) is 2. The lowest BCUT2D eigenvalue weighted by molar-refractivity contribution is -0.128. The van der Waals surface area contributed by atoms with Gasteiger partial charge in [-0.1, -0.05) is 11.6 Å². The van der Waals surface area contributed by atoms with Crippen LogP contribution in [0.2, 0.25) is 5.02 Å². The van der Waals surface area contributed by atoms with Gasteiger partial charge in [-0.2, -0.15) is 0 Å². The van der Waals surface area contributed by atoms with Crippen molar-refractivity contribution in [1.29, 1.82) is 0 Å². The van der Waals surface area contributed by atoms with E-state index in [-0.39, 0.29) is 11.8 Å². The average Bonchev–Trinajstić information content (AvgIpc) is 2.95. The van der Waals surface area contributed by atoms with Crippen molar-refractivity contribution < 1.29 is 9.59 Å². The first-order valence-corrected chi connectivity index (χ1v) is 6.93. The van der Waals surface area contributed by atoms with Gasteiger partial charge in [-0.15, -0.1) is 0 Å². The standard InChI is InChI=1S/C14H15ClN4O2/c1-19-6-9(16)12(14(19)21)18-13(20)11-5-7-4-8(15)2-3-10(7)17-11/h2-5,9,12,17H,6,16H2,1H3,(H,18,20). The zero-order chi connectivity index (χ0) is 15.1. The molecule has 1 aromatic heterocycles. The number of benzene rings is 1. The zero-order valence-electron chi connectivity index (χ0n) is 11.4. The predicted molar refractivity (Wildman–Crippen MR) is 80.2 cm³/mol. The average molecular weight is 307 g/mol. The molecule has 1 fully saturated rings. The first kappa shape index (κ1) is 13.9. The summed E-state index contributed by atoms with van der Waals surface area (Å²) in [5.41, 5.74) is 7.06. The summed E-state index contributed by atoms with van der Waals surface area (Å²) in [4.78, 5) is 28.7. The van der Waals surface area contributed by atoms with Crippen LogP contribution >= 0.6 is 11.6 Å². The fraction of sp³-hybridized carbons (Fsp3) is 0.286.